The second kappa shape index (κ2) is 8.47. The quantitative estimate of drug-likeness (QED) is 0.594. The van der Waals surface area contributed by atoms with E-state index in [9.17, 15) is 14.4 Å². The van der Waals surface area contributed by atoms with E-state index in [1.54, 1.807) is 24.3 Å². The molecule has 144 valence electrons. The van der Waals surface area contributed by atoms with Gasteiger partial charge in [-0.1, -0.05) is 68.8 Å². The first-order valence-corrected chi connectivity index (χ1v) is 9.15. The molecule has 0 saturated heterocycles. The van der Waals surface area contributed by atoms with Crippen LogP contribution in [0.3, 0.4) is 0 Å². The minimum Gasteiger partial charge on any atom is -0.273 e. The number of nitrogens with one attached hydrogen (secondary N) is 3. The molecule has 0 bridgehead atoms. The summed E-state index contributed by atoms with van der Waals surface area (Å²) in [7, 11) is 0. The van der Waals surface area contributed by atoms with Gasteiger partial charge in [0, 0.05) is 5.39 Å². The van der Waals surface area contributed by atoms with Crippen LogP contribution in [0.2, 0.25) is 0 Å². The zero-order valence-electron chi connectivity index (χ0n) is 15.7. The summed E-state index contributed by atoms with van der Waals surface area (Å²) in [5, 5.41) is 6.92. The highest BCUT2D eigenvalue weighted by molar-refractivity contribution is 6.05. The molecule has 0 fully saturated rings. The number of amides is 2. The number of hydrazine groups is 1. The highest BCUT2D eigenvalue weighted by Gasteiger charge is 2.26. The largest absolute Gasteiger partial charge is 0.290 e. The molecule has 2 atom stereocenters. The first kappa shape index (κ1) is 19.3. The smallest absolute Gasteiger partial charge is 0.273 e. The number of hydrogen-bond donors (Lipinski definition) is 3. The second-order valence-corrected chi connectivity index (χ2v) is 6.66. The molecule has 0 aliphatic carbocycles. The Morgan fingerprint density at radius 3 is 2.32 bits per heavy atom. The highest BCUT2D eigenvalue weighted by atomic mass is 16.2. The third-order valence-electron chi connectivity index (χ3n) is 4.86. The van der Waals surface area contributed by atoms with Crippen molar-refractivity contribution in [3.63, 3.8) is 0 Å². The number of H-pyrrole nitrogens is 1. The molecule has 0 radical (unpaired) electrons. The number of carbonyl (C=O) groups is 2. The van der Waals surface area contributed by atoms with Crippen molar-refractivity contribution in [2.24, 2.45) is 5.92 Å². The number of aromatic nitrogens is 2. The van der Waals surface area contributed by atoms with Crippen LogP contribution in [0.5, 0.6) is 0 Å². The monoisotopic (exact) mass is 378 g/mol. The Hall–Kier alpha value is -3.48. The lowest BCUT2D eigenvalue weighted by Gasteiger charge is -2.22. The van der Waals surface area contributed by atoms with Gasteiger partial charge < -0.3 is 0 Å². The van der Waals surface area contributed by atoms with E-state index in [-0.39, 0.29) is 23.1 Å². The molecule has 3 rings (SSSR count). The molecule has 28 heavy (non-hydrogen) atoms. The van der Waals surface area contributed by atoms with Crippen LogP contribution in [0, 0.1) is 5.92 Å². The van der Waals surface area contributed by atoms with Gasteiger partial charge >= 0.3 is 0 Å². The van der Waals surface area contributed by atoms with Crippen LogP contribution in [-0.2, 0) is 4.79 Å². The number of carbonyl (C=O) groups excluding carboxylic acids is 2. The van der Waals surface area contributed by atoms with Gasteiger partial charge in [0.2, 0.25) is 5.91 Å². The Kier molecular flexibility index (Phi) is 5.84. The molecule has 1 heterocycles. The Labute approximate surface area is 162 Å². The number of aromatic amines is 1. The maximum atomic E-state index is 12.8. The third-order valence-corrected chi connectivity index (χ3v) is 4.86. The van der Waals surface area contributed by atoms with Gasteiger partial charge in [-0.15, -0.1) is 0 Å². The number of rotatable bonds is 5. The van der Waals surface area contributed by atoms with E-state index in [4.69, 9.17) is 0 Å². The summed E-state index contributed by atoms with van der Waals surface area (Å²) in [4.78, 5) is 37.2. The fraction of sp³-hybridized carbons (Fsp3) is 0.238. The Morgan fingerprint density at radius 2 is 1.64 bits per heavy atom. The van der Waals surface area contributed by atoms with Gasteiger partial charge in [-0.25, -0.2) is 5.10 Å². The standard InChI is InChI=1S/C21H22N4O3/c1-3-13(2)17(14-9-5-4-6-10-14)20(27)24-25-21(28)18-15-11-7-8-12-16(15)19(26)23-22-18/h4-13,17H,3H2,1-2H3,(H,23,26)(H,24,27)(H,25,28). The Balaban J connectivity index is 1.79. The van der Waals surface area contributed by atoms with Crippen LogP contribution in [0.15, 0.2) is 59.4 Å². The van der Waals surface area contributed by atoms with Gasteiger partial charge in [0.15, 0.2) is 5.69 Å². The molecule has 0 saturated carbocycles. The number of hydrogen-bond acceptors (Lipinski definition) is 4. The third kappa shape index (κ3) is 3.93. The summed E-state index contributed by atoms with van der Waals surface area (Å²) in [6.07, 6.45) is 0.813. The topological polar surface area (TPSA) is 104 Å². The van der Waals surface area contributed by atoms with Crippen LogP contribution in [0.25, 0.3) is 10.8 Å². The maximum Gasteiger partial charge on any atom is 0.290 e. The predicted molar refractivity (Wildman–Crippen MR) is 107 cm³/mol. The highest BCUT2D eigenvalue weighted by Crippen LogP contribution is 2.26. The Morgan fingerprint density at radius 1 is 1.00 bits per heavy atom. The van der Waals surface area contributed by atoms with Gasteiger partial charge in [0.1, 0.15) is 0 Å². The lowest BCUT2D eigenvalue weighted by atomic mass is 9.85. The van der Waals surface area contributed by atoms with Gasteiger partial charge in [-0.05, 0) is 17.5 Å². The zero-order valence-corrected chi connectivity index (χ0v) is 15.7. The molecule has 7 nitrogen and oxygen atoms in total. The molecule has 0 spiro atoms. The van der Waals surface area contributed by atoms with E-state index < -0.39 is 11.8 Å². The average Bonchev–Trinajstić information content (AvgIpc) is 2.73. The summed E-state index contributed by atoms with van der Waals surface area (Å²) in [5.74, 6) is -1.21. The van der Waals surface area contributed by atoms with Crippen LogP contribution in [0.1, 0.15) is 42.2 Å². The number of nitrogens with zero attached hydrogens (tertiary/aromatic N) is 1. The molecule has 3 aromatic rings. The number of fused-ring (bicyclic) bond motifs is 1. The zero-order chi connectivity index (χ0) is 20.1. The van der Waals surface area contributed by atoms with E-state index in [2.05, 4.69) is 21.0 Å². The van der Waals surface area contributed by atoms with Gasteiger partial charge in [-0.2, -0.15) is 5.10 Å². The Bertz CT molecular complexity index is 1050. The van der Waals surface area contributed by atoms with E-state index in [1.807, 2.05) is 44.2 Å². The molecule has 0 aliphatic heterocycles. The average molecular weight is 378 g/mol. The molecular formula is C21H22N4O3. The minimum absolute atomic E-state index is 0.0373. The molecular weight excluding hydrogens is 356 g/mol. The van der Waals surface area contributed by atoms with Gasteiger partial charge in [-0.3, -0.25) is 25.2 Å². The van der Waals surface area contributed by atoms with Crippen molar-refractivity contribution in [3.8, 4) is 0 Å². The summed E-state index contributed by atoms with van der Waals surface area (Å²) in [6.45, 7) is 4.01. The van der Waals surface area contributed by atoms with Crippen molar-refractivity contribution >= 4 is 22.6 Å². The summed E-state index contributed by atoms with van der Waals surface area (Å²) >= 11 is 0. The molecule has 2 unspecified atom stereocenters. The van der Waals surface area contributed by atoms with E-state index in [0.29, 0.717) is 10.8 Å². The minimum atomic E-state index is -0.600. The summed E-state index contributed by atoms with van der Waals surface area (Å²) in [6, 6.07) is 16.1. The second-order valence-electron chi connectivity index (χ2n) is 6.66. The van der Waals surface area contributed by atoms with Crippen molar-refractivity contribution in [2.45, 2.75) is 26.2 Å². The first-order chi connectivity index (χ1) is 13.5. The maximum absolute atomic E-state index is 12.8. The van der Waals surface area contributed by atoms with Crippen LogP contribution in [0.4, 0.5) is 0 Å². The van der Waals surface area contributed by atoms with E-state index >= 15 is 0 Å². The number of benzene rings is 2. The van der Waals surface area contributed by atoms with E-state index in [0.717, 1.165) is 12.0 Å². The fourth-order valence-corrected chi connectivity index (χ4v) is 3.18. The molecule has 3 N–H and O–H groups in total. The van der Waals surface area contributed by atoms with Gasteiger partial charge in [0.25, 0.3) is 11.5 Å². The molecule has 1 aromatic heterocycles. The first-order valence-electron chi connectivity index (χ1n) is 9.15. The van der Waals surface area contributed by atoms with Crippen molar-refractivity contribution in [2.75, 3.05) is 0 Å². The lowest BCUT2D eigenvalue weighted by molar-refractivity contribution is -0.124. The molecule has 2 aromatic carbocycles. The molecule has 7 heteroatoms. The van der Waals surface area contributed by atoms with Gasteiger partial charge in [0.05, 0.1) is 11.3 Å². The van der Waals surface area contributed by atoms with Crippen LogP contribution < -0.4 is 16.4 Å². The van der Waals surface area contributed by atoms with Crippen molar-refractivity contribution in [3.05, 3.63) is 76.2 Å². The summed E-state index contributed by atoms with van der Waals surface area (Å²) < 4.78 is 0. The van der Waals surface area contributed by atoms with Crippen LogP contribution in [-0.4, -0.2) is 22.0 Å². The van der Waals surface area contributed by atoms with Crippen molar-refractivity contribution in [1.29, 1.82) is 0 Å². The molecule has 0 aliphatic rings. The SMILES string of the molecule is CCC(C)C(C(=O)NNC(=O)c1n[nH]c(=O)c2ccccc12)c1ccccc1. The van der Waals surface area contributed by atoms with Crippen molar-refractivity contribution < 1.29 is 9.59 Å². The lowest BCUT2D eigenvalue weighted by Crippen LogP contribution is -2.45. The van der Waals surface area contributed by atoms with Crippen molar-refractivity contribution in [1.82, 2.24) is 21.0 Å². The fourth-order valence-electron chi connectivity index (χ4n) is 3.18. The predicted octanol–water partition coefficient (Wildman–Crippen LogP) is 2.51. The van der Waals surface area contributed by atoms with Crippen LogP contribution >= 0.6 is 0 Å². The van der Waals surface area contributed by atoms with E-state index in [1.165, 1.54) is 0 Å². The normalized spacial score (nSPS) is 12.9. The molecule has 2 amide bonds. The summed E-state index contributed by atoms with van der Waals surface area (Å²) in [5.41, 5.74) is 5.47.